The number of nitrogens with zero attached hydrogens (tertiary/aromatic N) is 1. The molecule has 0 amide bonds. The summed E-state index contributed by atoms with van der Waals surface area (Å²) in [6, 6.07) is 21.6. The Balaban J connectivity index is 1.69. The van der Waals surface area contributed by atoms with E-state index in [-0.39, 0.29) is 0 Å². The summed E-state index contributed by atoms with van der Waals surface area (Å²) in [5.41, 5.74) is 2.09. The summed E-state index contributed by atoms with van der Waals surface area (Å²) in [6.07, 6.45) is 0. The Bertz CT molecular complexity index is 632. The molecule has 3 aromatic rings. The minimum atomic E-state index is 0.488. The van der Waals surface area contributed by atoms with Crippen molar-refractivity contribution in [1.82, 2.24) is 5.16 Å². The zero-order valence-electron chi connectivity index (χ0n) is 10.3. The van der Waals surface area contributed by atoms with Crippen LogP contribution in [0.3, 0.4) is 0 Å². The van der Waals surface area contributed by atoms with Crippen molar-refractivity contribution in [3.63, 3.8) is 0 Å². The molecule has 0 aliphatic heterocycles. The quantitative estimate of drug-likeness (QED) is 0.705. The first-order valence-electron chi connectivity index (χ1n) is 6.11. The summed E-state index contributed by atoms with van der Waals surface area (Å²) in [7, 11) is 0. The summed E-state index contributed by atoms with van der Waals surface area (Å²) in [5.74, 6) is 1.21. The van der Waals surface area contributed by atoms with Crippen LogP contribution in [0, 0.1) is 0 Å². The molecule has 1 heterocycles. The normalized spacial score (nSPS) is 10.3. The van der Waals surface area contributed by atoms with Gasteiger partial charge in [0.2, 0.25) is 0 Å². The second-order valence-corrected chi connectivity index (χ2v) is 4.17. The zero-order chi connectivity index (χ0) is 12.9. The Hall–Kier alpha value is -2.55. The SMILES string of the molecule is c1ccc(COc2cc(-c3ccccc3)on2)cc1. The smallest absolute Gasteiger partial charge is 0.255 e. The van der Waals surface area contributed by atoms with Gasteiger partial charge < -0.3 is 9.26 Å². The van der Waals surface area contributed by atoms with Gasteiger partial charge in [0.1, 0.15) is 6.61 Å². The predicted octanol–water partition coefficient (Wildman–Crippen LogP) is 3.92. The second kappa shape index (κ2) is 5.40. The molecule has 3 heteroatoms. The highest BCUT2D eigenvalue weighted by Crippen LogP contribution is 2.23. The van der Waals surface area contributed by atoms with Crippen molar-refractivity contribution in [3.05, 3.63) is 72.3 Å². The molecule has 0 N–H and O–H groups in total. The molecule has 94 valence electrons. The van der Waals surface area contributed by atoms with Gasteiger partial charge in [-0.2, -0.15) is 0 Å². The van der Waals surface area contributed by atoms with Gasteiger partial charge in [0, 0.05) is 11.6 Å². The van der Waals surface area contributed by atoms with Crippen LogP contribution in [0.15, 0.2) is 71.3 Å². The number of ether oxygens (including phenoxy) is 1. The summed E-state index contributed by atoms with van der Waals surface area (Å²) in [4.78, 5) is 0. The summed E-state index contributed by atoms with van der Waals surface area (Å²) in [5, 5.41) is 3.91. The van der Waals surface area contributed by atoms with Crippen LogP contribution in [0.25, 0.3) is 11.3 Å². The summed E-state index contributed by atoms with van der Waals surface area (Å²) >= 11 is 0. The molecule has 0 aliphatic rings. The van der Waals surface area contributed by atoms with E-state index in [2.05, 4.69) is 5.16 Å². The lowest BCUT2D eigenvalue weighted by Crippen LogP contribution is -1.94. The molecule has 0 bridgehead atoms. The topological polar surface area (TPSA) is 35.3 Å². The van der Waals surface area contributed by atoms with Crippen LogP contribution >= 0.6 is 0 Å². The summed E-state index contributed by atoms with van der Waals surface area (Å²) < 4.78 is 10.9. The van der Waals surface area contributed by atoms with Crippen LogP contribution in [-0.2, 0) is 6.61 Å². The van der Waals surface area contributed by atoms with Crippen molar-refractivity contribution in [2.45, 2.75) is 6.61 Å². The minimum absolute atomic E-state index is 0.488. The van der Waals surface area contributed by atoms with E-state index in [1.165, 1.54) is 0 Å². The first-order valence-corrected chi connectivity index (χ1v) is 6.11. The van der Waals surface area contributed by atoms with Gasteiger partial charge in [-0.05, 0) is 10.7 Å². The molecular formula is C16H13NO2. The molecule has 19 heavy (non-hydrogen) atoms. The van der Waals surface area contributed by atoms with E-state index in [1.807, 2.05) is 60.7 Å². The van der Waals surface area contributed by atoms with Crippen LogP contribution in [0.5, 0.6) is 5.88 Å². The van der Waals surface area contributed by atoms with E-state index in [9.17, 15) is 0 Å². The van der Waals surface area contributed by atoms with Crippen molar-refractivity contribution >= 4 is 0 Å². The highest BCUT2D eigenvalue weighted by Gasteiger charge is 2.06. The van der Waals surface area contributed by atoms with Crippen molar-refractivity contribution in [1.29, 1.82) is 0 Å². The first kappa shape index (κ1) is 11.5. The lowest BCUT2D eigenvalue weighted by atomic mass is 10.2. The van der Waals surface area contributed by atoms with E-state index < -0.39 is 0 Å². The highest BCUT2D eigenvalue weighted by molar-refractivity contribution is 5.57. The van der Waals surface area contributed by atoms with Crippen molar-refractivity contribution in [3.8, 4) is 17.2 Å². The molecule has 0 saturated heterocycles. The first-order chi connectivity index (χ1) is 9.42. The fourth-order valence-electron chi connectivity index (χ4n) is 1.80. The molecule has 3 rings (SSSR count). The molecule has 3 nitrogen and oxygen atoms in total. The zero-order valence-corrected chi connectivity index (χ0v) is 10.3. The third-order valence-electron chi connectivity index (χ3n) is 2.78. The molecule has 0 aliphatic carbocycles. The van der Waals surface area contributed by atoms with Crippen LogP contribution < -0.4 is 4.74 Å². The Morgan fingerprint density at radius 1 is 0.895 bits per heavy atom. The Morgan fingerprint density at radius 2 is 1.58 bits per heavy atom. The number of hydrogen-bond acceptors (Lipinski definition) is 3. The van der Waals surface area contributed by atoms with E-state index in [4.69, 9.17) is 9.26 Å². The Kier molecular flexibility index (Phi) is 3.28. The average molecular weight is 251 g/mol. The molecule has 0 fully saturated rings. The maximum Gasteiger partial charge on any atom is 0.255 e. The van der Waals surface area contributed by atoms with Gasteiger partial charge >= 0.3 is 0 Å². The van der Waals surface area contributed by atoms with Gasteiger partial charge in [-0.3, -0.25) is 0 Å². The second-order valence-electron chi connectivity index (χ2n) is 4.17. The number of rotatable bonds is 4. The van der Waals surface area contributed by atoms with E-state index in [0.717, 1.165) is 11.1 Å². The van der Waals surface area contributed by atoms with E-state index in [1.54, 1.807) is 6.07 Å². The molecule has 0 radical (unpaired) electrons. The molecule has 0 saturated carbocycles. The third kappa shape index (κ3) is 2.83. The van der Waals surface area contributed by atoms with Crippen molar-refractivity contribution in [2.75, 3.05) is 0 Å². The third-order valence-corrected chi connectivity index (χ3v) is 2.78. The Morgan fingerprint density at radius 3 is 2.32 bits per heavy atom. The fourth-order valence-corrected chi connectivity index (χ4v) is 1.80. The largest absolute Gasteiger partial charge is 0.471 e. The highest BCUT2D eigenvalue weighted by atomic mass is 16.5. The number of aromatic nitrogens is 1. The van der Waals surface area contributed by atoms with Gasteiger partial charge in [-0.15, -0.1) is 0 Å². The number of benzene rings is 2. The minimum Gasteiger partial charge on any atom is -0.471 e. The lowest BCUT2D eigenvalue weighted by molar-refractivity contribution is 0.270. The molecule has 1 aromatic heterocycles. The maximum absolute atomic E-state index is 5.59. The number of hydrogen-bond donors (Lipinski definition) is 0. The maximum atomic E-state index is 5.59. The standard InChI is InChI=1S/C16H13NO2/c1-3-7-13(8-4-1)12-18-16-11-15(19-17-16)14-9-5-2-6-10-14/h1-11H,12H2. The lowest BCUT2D eigenvalue weighted by Gasteiger charge is -2.00. The molecule has 0 atom stereocenters. The fraction of sp³-hybridized carbons (Fsp3) is 0.0625. The van der Waals surface area contributed by atoms with Crippen LogP contribution in [0.1, 0.15) is 5.56 Å². The van der Waals surface area contributed by atoms with Crippen molar-refractivity contribution in [2.24, 2.45) is 0 Å². The van der Waals surface area contributed by atoms with E-state index >= 15 is 0 Å². The van der Waals surface area contributed by atoms with Crippen molar-refractivity contribution < 1.29 is 9.26 Å². The van der Waals surface area contributed by atoms with Gasteiger partial charge in [-0.1, -0.05) is 60.7 Å². The Labute approximate surface area is 111 Å². The molecular weight excluding hydrogens is 238 g/mol. The van der Waals surface area contributed by atoms with Crippen LogP contribution in [0.2, 0.25) is 0 Å². The predicted molar refractivity (Wildman–Crippen MR) is 72.7 cm³/mol. The van der Waals surface area contributed by atoms with Gasteiger partial charge in [0.25, 0.3) is 5.88 Å². The van der Waals surface area contributed by atoms with Gasteiger partial charge in [0.05, 0.1) is 0 Å². The average Bonchev–Trinajstić information content (AvgIpc) is 2.96. The summed E-state index contributed by atoms with van der Waals surface area (Å²) in [6.45, 7) is 0.488. The molecule has 2 aromatic carbocycles. The monoisotopic (exact) mass is 251 g/mol. The van der Waals surface area contributed by atoms with E-state index in [0.29, 0.717) is 18.2 Å². The molecule has 0 spiro atoms. The molecule has 0 unspecified atom stereocenters. The van der Waals surface area contributed by atoms with Gasteiger partial charge in [0.15, 0.2) is 5.76 Å². The van der Waals surface area contributed by atoms with Crippen LogP contribution in [-0.4, -0.2) is 5.16 Å². The van der Waals surface area contributed by atoms with Gasteiger partial charge in [-0.25, -0.2) is 0 Å². The van der Waals surface area contributed by atoms with Crippen LogP contribution in [0.4, 0.5) is 0 Å².